The first-order valence-electron chi connectivity index (χ1n) is 9.56. The maximum Gasteiger partial charge on any atom is 0.436 e. The molecule has 33 heavy (non-hydrogen) atoms. The summed E-state index contributed by atoms with van der Waals surface area (Å²) in [7, 11) is -3.41. The molecule has 1 aromatic heterocycles. The van der Waals surface area contributed by atoms with Crippen LogP contribution in [0.4, 0.5) is 24.9 Å². The number of carbonyl (C=O) groups is 1. The highest BCUT2D eigenvalue weighted by Crippen LogP contribution is 2.30. The molecule has 0 fully saturated rings. The van der Waals surface area contributed by atoms with Gasteiger partial charge in [0, 0.05) is 24.4 Å². The largest absolute Gasteiger partial charge is 0.507 e. The van der Waals surface area contributed by atoms with Crippen molar-refractivity contribution in [3.8, 4) is 5.75 Å². The second-order valence-corrected chi connectivity index (χ2v) is 9.48. The van der Waals surface area contributed by atoms with Crippen molar-refractivity contribution in [1.29, 1.82) is 0 Å². The van der Waals surface area contributed by atoms with Crippen LogP contribution in [-0.2, 0) is 16.0 Å². The number of alkyl halides is 3. The first-order valence-corrected chi connectivity index (χ1v) is 11.6. The Hall–Kier alpha value is -3.54. The van der Waals surface area contributed by atoms with E-state index in [0.717, 1.165) is 6.26 Å². The molecular formula is C21H20F3N3O5S. The van der Waals surface area contributed by atoms with E-state index in [0.29, 0.717) is 17.5 Å². The minimum atomic E-state index is -4.63. The molecule has 3 aromatic rings. The fourth-order valence-electron chi connectivity index (χ4n) is 3.04. The Labute approximate surface area is 187 Å². The zero-order valence-electron chi connectivity index (χ0n) is 17.3. The number of aromatic nitrogens is 1. The molecule has 0 saturated carbocycles. The van der Waals surface area contributed by atoms with E-state index in [1.165, 1.54) is 24.3 Å². The average Bonchev–Trinajstić information content (AvgIpc) is 3.20. The maximum atomic E-state index is 12.6. The van der Waals surface area contributed by atoms with Gasteiger partial charge >= 0.3 is 6.18 Å². The number of nitrogens with one attached hydrogen (secondary N) is 2. The molecule has 0 spiro atoms. The lowest BCUT2D eigenvalue weighted by Crippen LogP contribution is -2.31. The number of oxazole rings is 1. The molecule has 1 unspecified atom stereocenters. The molecule has 176 valence electrons. The molecule has 1 atom stereocenters. The number of rotatable bonds is 8. The van der Waals surface area contributed by atoms with Crippen LogP contribution in [0.15, 0.2) is 59.2 Å². The van der Waals surface area contributed by atoms with E-state index in [4.69, 9.17) is 4.42 Å². The standard InChI is InChI=1S/C21H20F3N3O5S/c1-33(30,31)12-14(10-25-19(29)16-4-2-3-5-17(16)28)13-6-8-15(9-7-13)26-20-27-18(11-32-20)21(22,23)24/h2-9,11,14,28H,10,12H2,1H3,(H,25,29)(H,26,27). The summed E-state index contributed by atoms with van der Waals surface area (Å²) < 4.78 is 66.5. The number of carbonyl (C=O) groups excluding carboxylic acids is 1. The van der Waals surface area contributed by atoms with Crippen molar-refractivity contribution < 1.29 is 35.9 Å². The predicted octanol–water partition coefficient (Wildman–Crippen LogP) is 3.70. The number of phenols is 1. The summed E-state index contributed by atoms with van der Waals surface area (Å²) in [5, 5.41) is 15.0. The van der Waals surface area contributed by atoms with Crippen LogP contribution < -0.4 is 10.6 Å². The van der Waals surface area contributed by atoms with Gasteiger partial charge in [-0.3, -0.25) is 4.79 Å². The normalized spacial score (nSPS) is 12.8. The van der Waals surface area contributed by atoms with Gasteiger partial charge in [-0.2, -0.15) is 18.2 Å². The van der Waals surface area contributed by atoms with Crippen LogP contribution in [0, 0.1) is 0 Å². The lowest BCUT2D eigenvalue weighted by molar-refractivity contribution is -0.141. The van der Waals surface area contributed by atoms with Crippen molar-refractivity contribution in [2.45, 2.75) is 12.1 Å². The fraction of sp³-hybridized carbons (Fsp3) is 0.238. The average molecular weight is 483 g/mol. The molecule has 0 radical (unpaired) electrons. The second-order valence-electron chi connectivity index (χ2n) is 7.30. The van der Waals surface area contributed by atoms with Gasteiger partial charge in [0.25, 0.3) is 11.9 Å². The van der Waals surface area contributed by atoms with Crippen LogP contribution >= 0.6 is 0 Å². The first-order chi connectivity index (χ1) is 15.4. The molecule has 8 nitrogen and oxygen atoms in total. The zero-order chi connectivity index (χ0) is 24.2. The quantitative estimate of drug-likeness (QED) is 0.447. The van der Waals surface area contributed by atoms with E-state index in [2.05, 4.69) is 15.6 Å². The number of anilines is 2. The van der Waals surface area contributed by atoms with Gasteiger partial charge in [0.1, 0.15) is 21.8 Å². The Bertz CT molecular complexity index is 1220. The predicted molar refractivity (Wildman–Crippen MR) is 114 cm³/mol. The lowest BCUT2D eigenvalue weighted by Gasteiger charge is -2.18. The number of sulfone groups is 1. The van der Waals surface area contributed by atoms with E-state index in [9.17, 15) is 31.5 Å². The fourth-order valence-corrected chi connectivity index (χ4v) is 4.08. The van der Waals surface area contributed by atoms with Crippen LogP contribution in [0.2, 0.25) is 0 Å². The topological polar surface area (TPSA) is 122 Å². The first kappa shape index (κ1) is 24.1. The molecule has 3 N–H and O–H groups in total. The van der Waals surface area contributed by atoms with E-state index in [1.807, 2.05) is 0 Å². The Morgan fingerprint density at radius 3 is 2.39 bits per heavy atom. The Morgan fingerprint density at radius 2 is 1.82 bits per heavy atom. The van der Waals surface area contributed by atoms with Crippen LogP contribution in [-0.4, -0.2) is 43.0 Å². The molecular weight excluding hydrogens is 463 g/mol. The lowest BCUT2D eigenvalue weighted by atomic mass is 10.0. The third kappa shape index (κ3) is 6.72. The molecule has 2 aromatic carbocycles. The summed E-state index contributed by atoms with van der Waals surface area (Å²) in [4.78, 5) is 15.7. The Balaban J connectivity index is 1.72. The molecule has 1 heterocycles. The van der Waals surface area contributed by atoms with E-state index in [1.54, 1.807) is 24.3 Å². The molecule has 0 saturated heterocycles. The van der Waals surface area contributed by atoms with Crippen molar-refractivity contribution in [2.24, 2.45) is 0 Å². The van der Waals surface area contributed by atoms with Crippen LogP contribution in [0.1, 0.15) is 27.5 Å². The van der Waals surface area contributed by atoms with Gasteiger partial charge in [-0.1, -0.05) is 24.3 Å². The minimum absolute atomic E-state index is 0.0261. The van der Waals surface area contributed by atoms with E-state index < -0.39 is 33.5 Å². The molecule has 3 rings (SSSR count). The molecule has 0 aliphatic carbocycles. The van der Waals surface area contributed by atoms with Crippen molar-refractivity contribution in [3.05, 3.63) is 71.6 Å². The van der Waals surface area contributed by atoms with E-state index >= 15 is 0 Å². The summed E-state index contributed by atoms with van der Waals surface area (Å²) in [6, 6.07) is 11.8. The third-order valence-corrected chi connectivity index (χ3v) is 5.60. The highest BCUT2D eigenvalue weighted by Gasteiger charge is 2.34. The van der Waals surface area contributed by atoms with Crippen LogP contribution in [0.25, 0.3) is 0 Å². The number of hydrogen-bond acceptors (Lipinski definition) is 7. The van der Waals surface area contributed by atoms with E-state index in [-0.39, 0.29) is 29.6 Å². The minimum Gasteiger partial charge on any atom is -0.507 e. The smallest absolute Gasteiger partial charge is 0.436 e. The van der Waals surface area contributed by atoms with Crippen molar-refractivity contribution in [1.82, 2.24) is 10.3 Å². The second kappa shape index (κ2) is 9.53. The monoisotopic (exact) mass is 483 g/mol. The summed E-state index contributed by atoms with van der Waals surface area (Å²) >= 11 is 0. The summed E-state index contributed by atoms with van der Waals surface area (Å²) in [6.45, 7) is -0.0261. The van der Waals surface area contributed by atoms with Gasteiger partial charge in [0.15, 0.2) is 5.69 Å². The number of amides is 1. The third-order valence-electron chi connectivity index (χ3n) is 4.59. The summed E-state index contributed by atoms with van der Waals surface area (Å²) in [5.74, 6) is -1.63. The summed E-state index contributed by atoms with van der Waals surface area (Å²) in [6.07, 6.45) is -3.07. The van der Waals surface area contributed by atoms with Crippen molar-refractivity contribution in [3.63, 3.8) is 0 Å². The van der Waals surface area contributed by atoms with Gasteiger partial charge in [0.2, 0.25) is 0 Å². The van der Waals surface area contributed by atoms with Crippen LogP contribution in [0.5, 0.6) is 5.75 Å². The number of nitrogens with zero attached hydrogens (tertiary/aromatic N) is 1. The molecule has 0 bridgehead atoms. The number of halogens is 3. The van der Waals surface area contributed by atoms with Gasteiger partial charge in [-0.25, -0.2) is 8.42 Å². The Morgan fingerprint density at radius 1 is 1.15 bits per heavy atom. The summed E-state index contributed by atoms with van der Waals surface area (Å²) in [5.41, 5.74) is -0.174. The molecule has 12 heteroatoms. The molecule has 0 aliphatic heterocycles. The van der Waals surface area contributed by atoms with Gasteiger partial charge < -0.3 is 20.2 Å². The number of benzene rings is 2. The zero-order valence-corrected chi connectivity index (χ0v) is 18.1. The highest BCUT2D eigenvalue weighted by atomic mass is 32.2. The number of aromatic hydroxyl groups is 1. The highest BCUT2D eigenvalue weighted by molar-refractivity contribution is 7.90. The van der Waals surface area contributed by atoms with Crippen molar-refractivity contribution >= 4 is 27.4 Å². The SMILES string of the molecule is CS(=O)(=O)CC(CNC(=O)c1ccccc1O)c1ccc(Nc2nc(C(F)(F)F)co2)cc1. The van der Waals surface area contributed by atoms with Crippen molar-refractivity contribution in [2.75, 3.05) is 23.9 Å². The molecule has 1 amide bonds. The van der Waals surface area contributed by atoms with Gasteiger partial charge in [0.05, 0.1) is 11.3 Å². The number of hydrogen-bond donors (Lipinski definition) is 3. The maximum absolute atomic E-state index is 12.6. The number of phenolic OH excluding ortho intramolecular Hbond substituents is 1. The van der Waals surface area contributed by atoms with Gasteiger partial charge in [-0.05, 0) is 29.8 Å². The van der Waals surface area contributed by atoms with Crippen LogP contribution in [0.3, 0.4) is 0 Å². The Kier molecular flexibility index (Phi) is 6.96. The molecule has 0 aliphatic rings. The van der Waals surface area contributed by atoms with Gasteiger partial charge in [-0.15, -0.1) is 0 Å². The number of para-hydroxylation sites is 1.